The van der Waals surface area contributed by atoms with Crippen molar-refractivity contribution in [3.05, 3.63) is 60.6 Å². The van der Waals surface area contributed by atoms with E-state index in [-0.39, 0.29) is 24.2 Å². The Bertz CT molecular complexity index is 1390. The standard InChI is InChI=1S/C26H29N7O3/c1-31(20-9-12-33(13-10-20)26-28-16-19-4-2-3-5-21(19)30-26)23(34)17-36-15-14-32-11-8-18-6-7-22(24(27)35)29-25(18)32/h2-8,11,16,20H,9-10,12-15,17H2,1H3,(H2,27,35). The maximum atomic E-state index is 12.7. The fourth-order valence-corrected chi connectivity index (χ4v) is 4.57. The van der Waals surface area contributed by atoms with Crippen LogP contribution in [0.15, 0.2) is 54.9 Å². The minimum absolute atomic E-state index is 0.0175. The van der Waals surface area contributed by atoms with Crippen molar-refractivity contribution in [2.24, 2.45) is 5.73 Å². The van der Waals surface area contributed by atoms with Crippen molar-refractivity contribution in [1.82, 2.24) is 24.4 Å². The van der Waals surface area contributed by atoms with E-state index >= 15 is 0 Å². The van der Waals surface area contributed by atoms with Gasteiger partial charge in [-0.1, -0.05) is 18.2 Å². The predicted octanol–water partition coefficient (Wildman–Crippen LogP) is 2.22. The minimum atomic E-state index is -0.565. The summed E-state index contributed by atoms with van der Waals surface area (Å²) in [7, 11) is 1.84. The molecule has 1 fully saturated rings. The lowest BCUT2D eigenvalue weighted by molar-refractivity contribution is -0.137. The van der Waals surface area contributed by atoms with Crippen LogP contribution in [0.5, 0.6) is 0 Å². The second-order valence-electron chi connectivity index (χ2n) is 8.99. The second kappa shape index (κ2) is 10.3. The molecule has 1 aliphatic rings. The Labute approximate surface area is 208 Å². The number of piperidine rings is 1. The van der Waals surface area contributed by atoms with Gasteiger partial charge >= 0.3 is 0 Å². The molecule has 0 spiro atoms. The van der Waals surface area contributed by atoms with Gasteiger partial charge in [0.05, 0.1) is 12.1 Å². The van der Waals surface area contributed by atoms with E-state index in [2.05, 4.69) is 14.9 Å². The molecule has 186 valence electrons. The van der Waals surface area contributed by atoms with E-state index in [0.717, 1.165) is 48.2 Å². The second-order valence-corrected chi connectivity index (χ2v) is 8.99. The van der Waals surface area contributed by atoms with Gasteiger partial charge < -0.3 is 24.8 Å². The van der Waals surface area contributed by atoms with Gasteiger partial charge in [0.15, 0.2) is 0 Å². The summed E-state index contributed by atoms with van der Waals surface area (Å²) in [5.74, 6) is 0.131. The number of hydrogen-bond donors (Lipinski definition) is 1. The molecule has 0 unspecified atom stereocenters. The van der Waals surface area contributed by atoms with Crippen LogP contribution in [0.4, 0.5) is 5.95 Å². The van der Waals surface area contributed by atoms with Crippen molar-refractivity contribution in [3.63, 3.8) is 0 Å². The molecule has 4 heterocycles. The lowest BCUT2D eigenvalue weighted by Crippen LogP contribution is -2.47. The van der Waals surface area contributed by atoms with Gasteiger partial charge in [-0.25, -0.2) is 15.0 Å². The molecule has 10 heteroatoms. The van der Waals surface area contributed by atoms with Crippen molar-refractivity contribution in [1.29, 1.82) is 0 Å². The molecule has 0 radical (unpaired) electrons. The van der Waals surface area contributed by atoms with E-state index in [1.165, 1.54) is 0 Å². The Kier molecular flexibility index (Phi) is 6.77. The predicted molar refractivity (Wildman–Crippen MR) is 137 cm³/mol. The first-order chi connectivity index (χ1) is 17.5. The number of nitrogens with zero attached hydrogens (tertiary/aromatic N) is 6. The van der Waals surface area contributed by atoms with E-state index < -0.39 is 5.91 Å². The van der Waals surface area contributed by atoms with Gasteiger partial charge in [0, 0.05) is 55.9 Å². The number of carbonyl (C=O) groups excluding carboxylic acids is 2. The van der Waals surface area contributed by atoms with Crippen molar-refractivity contribution >= 4 is 39.7 Å². The van der Waals surface area contributed by atoms with Gasteiger partial charge in [-0.3, -0.25) is 9.59 Å². The number of ether oxygens (including phenoxy) is 1. The maximum absolute atomic E-state index is 12.7. The van der Waals surface area contributed by atoms with Gasteiger partial charge in [0.25, 0.3) is 5.91 Å². The molecule has 2 amide bonds. The highest BCUT2D eigenvalue weighted by molar-refractivity contribution is 5.93. The average molecular weight is 488 g/mol. The molecule has 36 heavy (non-hydrogen) atoms. The van der Waals surface area contributed by atoms with Crippen molar-refractivity contribution < 1.29 is 14.3 Å². The summed E-state index contributed by atoms with van der Waals surface area (Å²) in [6, 6.07) is 13.5. The Morgan fingerprint density at radius 2 is 1.89 bits per heavy atom. The number of carbonyl (C=O) groups is 2. The van der Waals surface area contributed by atoms with E-state index in [4.69, 9.17) is 15.5 Å². The van der Waals surface area contributed by atoms with E-state index in [1.54, 1.807) is 11.0 Å². The molecule has 4 aromatic rings. The molecule has 5 rings (SSSR count). The molecule has 1 saturated heterocycles. The number of pyridine rings is 1. The molecule has 2 N–H and O–H groups in total. The highest BCUT2D eigenvalue weighted by Crippen LogP contribution is 2.21. The van der Waals surface area contributed by atoms with Gasteiger partial charge in [-0.05, 0) is 37.1 Å². The largest absolute Gasteiger partial charge is 0.370 e. The molecule has 0 saturated carbocycles. The fourth-order valence-electron chi connectivity index (χ4n) is 4.57. The molecule has 1 aromatic carbocycles. The molecule has 0 bridgehead atoms. The molecule has 0 aliphatic carbocycles. The zero-order valence-electron chi connectivity index (χ0n) is 20.2. The Morgan fingerprint density at radius 3 is 2.69 bits per heavy atom. The summed E-state index contributed by atoms with van der Waals surface area (Å²) in [5.41, 5.74) is 7.16. The van der Waals surface area contributed by atoms with Crippen LogP contribution in [0.25, 0.3) is 21.9 Å². The Morgan fingerprint density at radius 1 is 1.08 bits per heavy atom. The number of amides is 2. The number of nitrogens with two attached hydrogens (primary N) is 1. The molecule has 10 nitrogen and oxygen atoms in total. The average Bonchev–Trinajstić information content (AvgIpc) is 3.32. The number of likely N-dealkylation sites (N-methyl/N-ethyl adjacent to an activating group) is 1. The first-order valence-electron chi connectivity index (χ1n) is 12.1. The third kappa shape index (κ3) is 4.99. The molecular formula is C26H29N7O3. The molecule has 3 aromatic heterocycles. The highest BCUT2D eigenvalue weighted by Gasteiger charge is 2.26. The van der Waals surface area contributed by atoms with E-state index in [1.807, 2.05) is 60.4 Å². The van der Waals surface area contributed by atoms with E-state index in [9.17, 15) is 9.59 Å². The minimum Gasteiger partial charge on any atom is -0.370 e. The number of para-hydroxylation sites is 1. The molecule has 1 aliphatic heterocycles. The zero-order chi connectivity index (χ0) is 25.1. The first-order valence-corrected chi connectivity index (χ1v) is 12.1. The summed E-state index contributed by atoms with van der Waals surface area (Å²) in [6.45, 7) is 2.47. The summed E-state index contributed by atoms with van der Waals surface area (Å²) in [6.07, 6.45) is 5.44. The third-order valence-corrected chi connectivity index (χ3v) is 6.73. The van der Waals surface area contributed by atoms with Gasteiger partial charge in [0.2, 0.25) is 11.9 Å². The number of anilines is 1. The lowest BCUT2D eigenvalue weighted by Gasteiger charge is -2.36. The monoisotopic (exact) mass is 487 g/mol. The summed E-state index contributed by atoms with van der Waals surface area (Å²) < 4.78 is 7.57. The smallest absolute Gasteiger partial charge is 0.267 e. The van der Waals surface area contributed by atoms with Crippen LogP contribution in [-0.4, -0.2) is 75.6 Å². The third-order valence-electron chi connectivity index (χ3n) is 6.73. The lowest BCUT2D eigenvalue weighted by atomic mass is 10.0. The van der Waals surface area contributed by atoms with Gasteiger partial charge in [0.1, 0.15) is 17.9 Å². The topological polar surface area (TPSA) is 119 Å². The zero-order valence-corrected chi connectivity index (χ0v) is 20.2. The van der Waals surface area contributed by atoms with Crippen LogP contribution in [0.2, 0.25) is 0 Å². The van der Waals surface area contributed by atoms with Crippen molar-refractivity contribution in [3.8, 4) is 0 Å². The number of aromatic nitrogens is 4. The summed E-state index contributed by atoms with van der Waals surface area (Å²) in [4.78, 5) is 41.7. The number of fused-ring (bicyclic) bond motifs is 2. The quantitative estimate of drug-likeness (QED) is 0.379. The molecular weight excluding hydrogens is 458 g/mol. The van der Waals surface area contributed by atoms with Gasteiger partial charge in [-0.15, -0.1) is 0 Å². The van der Waals surface area contributed by atoms with Crippen LogP contribution in [0.1, 0.15) is 23.3 Å². The number of primary amides is 1. The van der Waals surface area contributed by atoms with Crippen molar-refractivity contribution in [2.75, 3.05) is 38.3 Å². The van der Waals surface area contributed by atoms with Crippen molar-refractivity contribution in [2.45, 2.75) is 25.4 Å². The number of rotatable bonds is 8. The van der Waals surface area contributed by atoms with Crippen LogP contribution >= 0.6 is 0 Å². The highest BCUT2D eigenvalue weighted by atomic mass is 16.5. The number of benzene rings is 1. The maximum Gasteiger partial charge on any atom is 0.267 e. The van der Waals surface area contributed by atoms with Gasteiger partial charge in [-0.2, -0.15) is 0 Å². The fraction of sp³-hybridized carbons (Fsp3) is 0.346. The van der Waals surface area contributed by atoms with Crippen LogP contribution < -0.4 is 10.6 Å². The summed E-state index contributed by atoms with van der Waals surface area (Å²) >= 11 is 0. The normalized spacial score (nSPS) is 14.4. The first kappa shape index (κ1) is 23.7. The molecule has 0 atom stereocenters. The van der Waals surface area contributed by atoms with Crippen LogP contribution in [0.3, 0.4) is 0 Å². The van der Waals surface area contributed by atoms with E-state index in [0.29, 0.717) is 18.8 Å². The Hall–Kier alpha value is -4.05. The van der Waals surface area contributed by atoms with Crippen LogP contribution in [0, 0.1) is 0 Å². The summed E-state index contributed by atoms with van der Waals surface area (Å²) in [5, 5.41) is 1.94. The Balaban J connectivity index is 1.09. The SMILES string of the molecule is CN(C(=O)COCCn1ccc2ccc(C(N)=O)nc21)C1CCN(c2ncc3ccccc3n2)CC1. The number of hydrogen-bond acceptors (Lipinski definition) is 7. The van der Waals surface area contributed by atoms with Crippen LogP contribution in [-0.2, 0) is 16.1 Å².